The first-order valence-corrected chi connectivity index (χ1v) is 15.1. The zero-order valence-electron chi connectivity index (χ0n) is 21.1. The van der Waals surface area contributed by atoms with Gasteiger partial charge in [0, 0.05) is 31.3 Å². The molecule has 0 fully saturated rings. The summed E-state index contributed by atoms with van der Waals surface area (Å²) >= 11 is 6.42. The maximum Gasteiger partial charge on any atom is 0.264 e. The minimum absolute atomic E-state index is 0.0175. The third kappa shape index (κ3) is 5.01. The van der Waals surface area contributed by atoms with Gasteiger partial charge >= 0.3 is 0 Å². The van der Waals surface area contributed by atoms with Crippen LogP contribution in [0.2, 0.25) is 5.02 Å². The second kappa shape index (κ2) is 10.1. The molecule has 0 amide bonds. The molecule has 1 aliphatic rings. The molecule has 1 aliphatic carbocycles. The van der Waals surface area contributed by atoms with E-state index in [1.165, 1.54) is 32.3 Å². The number of rotatable bonds is 6. The highest BCUT2D eigenvalue weighted by atomic mass is 35.5. The predicted molar refractivity (Wildman–Crippen MR) is 148 cm³/mol. The number of benzene rings is 3. The molecular weight excluding hydrogens is 584 g/mol. The number of nitrogens with zero attached hydrogens (tertiary/aromatic N) is 3. The number of aromatic nitrogens is 2. The molecule has 40 heavy (non-hydrogen) atoms. The van der Waals surface area contributed by atoms with Crippen molar-refractivity contribution in [3.63, 3.8) is 0 Å². The van der Waals surface area contributed by atoms with E-state index < -0.39 is 36.6 Å². The molecule has 0 bridgehead atoms. The molecule has 0 atom stereocenters. The number of fused-ring (bicyclic) bond motifs is 3. The highest BCUT2D eigenvalue weighted by Crippen LogP contribution is 2.43. The minimum atomic E-state index is -4.47. The molecule has 0 aliphatic heterocycles. The summed E-state index contributed by atoms with van der Waals surface area (Å²) in [6.07, 6.45) is 1.02. The molecule has 3 N–H and O–H groups in total. The summed E-state index contributed by atoms with van der Waals surface area (Å²) < 4.78 is 82.0. The van der Waals surface area contributed by atoms with Crippen LogP contribution in [0.25, 0.3) is 22.4 Å². The molecule has 1 aromatic heterocycles. The van der Waals surface area contributed by atoms with E-state index in [0.29, 0.717) is 47.0 Å². The smallest absolute Gasteiger partial charge is 0.264 e. The first-order chi connectivity index (χ1) is 18.8. The number of nitrogen functional groups attached to an aromatic ring is 1. The quantitative estimate of drug-likeness (QED) is 0.331. The SMILES string of the molecule is CN(C)S(=O)(=O)c1ccc(-c2nc(N)nc3c2-c2cc(NS(=O)(=O)c4ccc(F)cc4F)c(Cl)cc2CC3)cc1. The first kappa shape index (κ1) is 27.9. The van der Waals surface area contributed by atoms with Crippen LogP contribution < -0.4 is 10.5 Å². The van der Waals surface area contributed by atoms with Gasteiger partial charge in [-0.1, -0.05) is 23.7 Å². The van der Waals surface area contributed by atoms with Crippen LogP contribution in [0.1, 0.15) is 11.3 Å². The van der Waals surface area contributed by atoms with Gasteiger partial charge in [-0.3, -0.25) is 4.72 Å². The van der Waals surface area contributed by atoms with Crippen molar-refractivity contribution in [3.05, 3.63) is 82.5 Å². The fourth-order valence-corrected chi connectivity index (χ4v) is 6.80. The van der Waals surface area contributed by atoms with Gasteiger partial charge in [-0.25, -0.2) is 39.9 Å². The molecule has 14 heteroatoms. The average Bonchev–Trinajstić information content (AvgIpc) is 2.88. The van der Waals surface area contributed by atoms with E-state index >= 15 is 0 Å². The minimum Gasteiger partial charge on any atom is -0.368 e. The van der Waals surface area contributed by atoms with E-state index in [9.17, 15) is 25.6 Å². The van der Waals surface area contributed by atoms with Crippen LogP contribution in [0, 0.1) is 11.6 Å². The number of sulfonamides is 2. The third-order valence-corrected chi connectivity index (χ3v) is 9.97. The number of nitrogens with one attached hydrogen (secondary N) is 1. The second-order valence-electron chi connectivity index (χ2n) is 9.23. The van der Waals surface area contributed by atoms with E-state index in [-0.39, 0.29) is 21.6 Å². The summed E-state index contributed by atoms with van der Waals surface area (Å²) in [5, 5.41) is 0.0736. The van der Waals surface area contributed by atoms with Gasteiger partial charge < -0.3 is 5.73 Å². The van der Waals surface area contributed by atoms with E-state index in [2.05, 4.69) is 14.7 Å². The Morgan fingerprint density at radius 3 is 2.30 bits per heavy atom. The Hall–Kier alpha value is -3.65. The van der Waals surface area contributed by atoms with Crippen molar-refractivity contribution in [3.8, 4) is 22.4 Å². The van der Waals surface area contributed by atoms with Crippen LogP contribution in [0.3, 0.4) is 0 Å². The fraction of sp³-hybridized carbons (Fsp3) is 0.154. The van der Waals surface area contributed by atoms with Crippen LogP contribution in [0.4, 0.5) is 20.4 Å². The van der Waals surface area contributed by atoms with Crippen LogP contribution in [-0.4, -0.2) is 45.2 Å². The fourth-order valence-electron chi connectivity index (χ4n) is 4.47. The highest BCUT2D eigenvalue weighted by molar-refractivity contribution is 7.92. The normalized spacial score (nSPS) is 13.2. The Kier molecular flexibility index (Phi) is 7.03. The van der Waals surface area contributed by atoms with Crippen molar-refractivity contribution in [2.75, 3.05) is 24.6 Å². The molecule has 9 nitrogen and oxygen atoms in total. The van der Waals surface area contributed by atoms with Gasteiger partial charge in [0.25, 0.3) is 10.0 Å². The lowest BCUT2D eigenvalue weighted by atomic mass is 9.86. The molecule has 0 saturated heterocycles. The van der Waals surface area contributed by atoms with Gasteiger partial charge in [-0.2, -0.15) is 0 Å². The van der Waals surface area contributed by atoms with Crippen LogP contribution in [0.15, 0.2) is 64.4 Å². The summed E-state index contributed by atoms with van der Waals surface area (Å²) in [5.41, 5.74) is 9.49. The molecule has 0 spiro atoms. The van der Waals surface area contributed by atoms with Gasteiger partial charge in [0.1, 0.15) is 16.5 Å². The molecule has 1 heterocycles. The van der Waals surface area contributed by atoms with E-state index in [1.54, 1.807) is 18.2 Å². The number of aryl methyl sites for hydroxylation is 2. The standard InChI is InChI=1S/C26H22ClF2N5O4S2/c1-34(2)40(37,38)17-7-3-14(4-8-17)25-24-18-13-22(33-39(35,36)23-10-6-16(28)12-20(23)29)19(27)11-15(18)5-9-21(24)31-26(30)32-25/h3-4,6-8,10-13,33H,5,9H2,1-2H3,(H2,30,31,32). The zero-order chi connectivity index (χ0) is 29.0. The van der Waals surface area contributed by atoms with Crippen molar-refractivity contribution >= 4 is 43.3 Å². The molecular formula is C26H22ClF2N5O4S2. The molecule has 4 aromatic rings. The van der Waals surface area contributed by atoms with Crippen LogP contribution >= 0.6 is 11.6 Å². The molecule has 3 aromatic carbocycles. The maximum absolute atomic E-state index is 14.3. The molecule has 0 saturated carbocycles. The van der Waals surface area contributed by atoms with Crippen LogP contribution in [-0.2, 0) is 32.9 Å². The van der Waals surface area contributed by atoms with E-state index in [0.717, 1.165) is 22.0 Å². The molecule has 0 radical (unpaired) electrons. The largest absolute Gasteiger partial charge is 0.368 e. The van der Waals surface area contributed by atoms with Gasteiger partial charge in [-0.15, -0.1) is 0 Å². The Balaban J connectivity index is 1.62. The Bertz CT molecular complexity index is 1880. The first-order valence-electron chi connectivity index (χ1n) is 11.8. The Labute approximate surface area is 234 Å². The van der Waals surface area contributed by atoms with Crippen LogP contribution in [0.5, 0.6) is 0 Å². The van der Waals surface area contributed by atoms with Crippen molar-refractivity contribution < 1.29 is 25.6 Å². The molecule has 208 valence electrons. The van der Waals surface area contributed by atoms with Crippen molar-refractivity contribution in [2.24, 2.45) is 0 Å². The van der Waals surface area contributed by atoms with Crippen molar-refractivity contribution in [1.82, 2.24) is 14.3 Å². The predicted octanol–water partition coefficient (Wildman–Crippen LogP) is 4.47. The molecule has 5 rings (SSSR count). The van der Waals surface area contributed by atoms with Crippen molar-refractivity contribution in [2.45, 2.75) is 22.6 Å². The van der Waals surface area contributed by atoms with Gasteiger partial charge in [0.15, 0.2) is 0 Å². The van der Waals surface area contributed by atoms with E-state index in [4.69, 9.17) is 17.3 Å². The molecule has 0 unspecified atom stereocenters. The summed E-state index contributed by atoms with van der Waals surface area (Å²) in [6, 6.07) is 11.4. The van der Waals surface area contributed by atoms with E-state index in [1.807, 2.05) is 0 Å². The zero-order valence-corrected chi connectivity index (χ0v) is 23.5. The number of nitrogens with two attached hydrogens (primary N) is 1. The van der Waals surface area contributed by atoms with Gasteiger partial charge in [-0.05, 0) is 60.4 Å². The lowest BCUT2D eigenvalue weighted by molar-refractivity contribution is 0.520. The summed E-state index contributed by atoms with van der Waals surface area (Å²) in [5.74, 6) is -2.15. The highest BCUT2D eigenvalue weighted by Gasteiger charge is 2.27. The topological polar surface area (TPSA) is 135 Å². The Morgan fingerprint density at radius 1 is 0.950 bits per heavy atom. The van der Waals surface area contributed by atoms with Gasteiger partial charge in [0.05, 0.1) is 27.0 Å². The van der Waals surface area contributed by atoms with Gasteiger partial charge in [0.2, 0.25) is 16.0 Å². The lowest BCUT2D eigenvalue weighted by Crippen LogP contribution is -2.22. The third-order valence-electron chi connectivity index (χ3n) is 6.43. The van der Waals surface area contributed by atoms with Crippen molar-refractivity contribution in [1.29, 1.82) is 0 Å². The number of hydrogen-bond donors (Lipinski definition) is 2. The summed E-state index contributed by atoms with van der Waals surface area (Å²) in [7, 11) is -5.26. The summed E-state index contributed by atoms with van der Waals surface area (Å²) in [6.45, 7) is 0. The Morgan fingerprint density at radius 2 is 1.65 bits per heavy atom. The number of halogens is 3. The number of anilines is 2. The number of hydrogen-bond acceptors (Lipinski definition) is 7. The second-order valence-corrected chi connectivity index (χ2v) is 13.4. The summed E-state index contributed by atoms with van der Waals surface area (Å²) in [4.78, 5) is 8.16. The maximum atomic E-state index is 14.3. The monoisotopic (exact) mass is 605 g/mol. The average molecular weight is 606 g/mol. The lowest BCUT2D eigenvalue weighted by Gasteiger charge is -2.24.